The van der Waals surface area contributed by atoms with E-state index in [1.807, 2.05) is 6.08 Å². The van der Waals surface area contributed by atoms with Crippen LogP contribution in [0.4, 0.5) is 0 Å². The first-order chi connectivity index (χ1) is 2.41. The fourth-order valence-corrected chi connectivity index (χ4v) is 0.612. The van der Waals surface area contributed by atoms with E-state index in [0.29, 0.717) is 0 Å². The predicted molar refractivity (Wildman–Crippen MR) is 26.6 cm³/mol. The van der Waals surface area contributed by atoms with Gasteiger partial charge in [-0.05, 0) is 0 Å². The molecule has 0 saturated heterocycles. The van der Waals surface area contributed by atoms with Crippen molar-refractivity contribution in [3.63, 3.8) is 0 Å². The summed E-state index contributed by atoms with van der Waals surface area (Å²) >= 11 is 0.807. The minimum absolute atomic E-state index is 0.807. The molecule has 0 fully saturated rings. The summed E-state index contributed by atoms with van der Waals surface area (Å²) in [7, 11) is 0. The van der Waals surface area contributed by atoms with Crippen molar-refractivity contribution in [3.8, 4) is 0 Å². The van der Waals surface area contributed by atoms with Crippen LogP contribution in [-0.4, -0.2) is 15.0 Å². The van der Waals surface area contributed by atoms with Crippen molar-refractivity contribution in [1.82, 2.24) is 0 Å². The zero-order valence-electron chi connectivity index (χ0n) is 3.40. The summed E-state index contributed by atoms with van der Waals surface area (Å²) in [6.45, 7) is 3.57. The molecule has 30 valence electrons. The maximum atomic E-state index is 3.57. The second-order valence-corrected chi connectivity index (χ2v) is 2.65. The Morgan fingerprint density at radius 2 is 2.60 bits per heavy atom. The number of rotatable bonds is 2. The van der Waals surface area contributed by atoms with Gasteiger partial charge < -0.3 is 0 Å². The molecule has 0 aromatic carbocycles. The van der Waals surface area contributed by atoms with E-state index in [9.17, 15) is 0 Å². The first kappa shape index (κ1) is 5.26. The molecule has 0 bridgehead atoms. The van der Waals surface area contributed by atoms with Gasteiger partial charge in [-0.15, -0.1) is 0 Å². The fraction of sp³-hybridized carbons (Fsp3) is 0.500. The molecule has 0 atom stereocenters. The van der Waals surface area contributed by atoms with E-state index in [0.717, 1.165) is 15.0 Å². The van der Waals surface area contributed by atoms with E-state index >= 15 is 0 Å². The molecular formula is C4H8Se. The van der Waals surface area contributed by atoms with Crippen LogP contribution >= 0.6 is 0 Å². The van der Waals surface area contributed by atoms with Gasteiger partial charge in [-0.2, -0.15) is 0 Å². The van der Waals surface area contributed by atoms with Gasteiger partial charge in [0.2, 0.25) is 0 Å². The molecule has 0 aromatic rings. The SMILES string of the molecule is C=CC[Se]C. The molecule has 0 unspecified atom stereocenters. The van der Waals surface area contributed by atoms with Crippen molar-refractivity contribution in [2.45, 2.75) is 11.1 Å². The second-order valence-electron chi connectivity index (χ2n) is 0.744. The monoisotopic (exact) mass is 136 g/mol. The first-order valence-corrected chi connectivity index (χ1v) is 4.44. The maximum absolute atomic E-state index is 3.57. The number of allylic oxidation sites excluding steroid dienone is 1. The molecule has 0 radical (unpaired) electrons. The summed E-state index contributed by atoms with van der Waals surface area (Å²) in [4.78, 5) is 0. The van der Waals surface area contributed by atoms with Crippen LogP contribution in [0.5, 0.6) is 0 Å². The van der Waals surface area contributed by atoms with Gasteiger partial charge in [0.15, 0.2) is 0 Å². The Labute approximate surface area is 39.4 Å². The van der Waals surface area contributed by atoms with Crippen LogP contribution < -0.4 is 0 Å². The standard InChI is InChI=1S/C4H8Se/c1-3-4-5-2/h3H,1,4H2,2H3. The van der Waals surface area contributed by atoms with Gasteiger partial charge in [-0.3, -0.25) is 0 Å². The molecule has 0 aliphatic carbocycles. The van der Waals surface area contributed by atoms with E-state index in [1.165, 1.54) is 5.32 Å². The van der Waals surface area contributed by atoms with E-state index < -0.39 is 0 Å². The zero-order valence-corrected chi connectivity index (χ0v) is 5.11. The number of hydrogen-bond donors (Lipinski definition) is 0. The van der Waals surface area contributed by atoms with Gasteiger partial charge in [0.05, 0.1) is 0 Å². The van der Waals surface area contributed by atoms with Crippen LogP contribution in [0, 0.1) is 0 Å². The van der Waals surface area contributed by atoms with Crippen LogP contribution in [0.2, 0.25) is 11.1 Å². The minimum atomic E-state index is 0.807. The Morgan fingerprint density at radius 1 is 2.00 bits per heavy atom. The molecule has 0 saturated carbocycles. The van der Waals surface area contributed by atoms with Gasteiger partial charge in [-0.25, -0.2) is 0 Å². The normalized spacial score (nSPS) is 7.40. The van der Waals surface area contributed by atoms with Crippen molar-refractivity contribution >= 4 is 15.0 Å². The second kappa shape index (κ2) is 4.26. The van der Waals surface area contributed by atoms with Crippen LogP contribution in [-0.2, 0) is 0 Å². The van der Waals surface area contributed by atoms with Gasteiger partial charge in [0.25, 0.3) is 0 Å². The molecule has 5 heavy (non-hydrogen) atoms. The molecule has 0 N–H and O–H groups in total. The molecule has 0 heterocycles. The fourth-order valence-electron chi connectivity index (χ4n) is 0.118. The average Bonchev–Trinajstić information content (AvgIpc) is 1.41. The number of hydrogen-bond acceptors (Lipinski definition) is 0. The summed E-state index contributed by atoms with van der Waals surface area (Å²) in [5.41, 5.74) is 0. The Balaban J connectivity index is 2.40. The van der Waals surface area contributed by atoms with E-state index in [4.69, 9.17) is 0 Å². The molecule has 0 rings (SSSR count). The van der Waals surface area contributed by atoms with Crippen molar-refractivity contribution < 1.29 is 0 Å². The van der Waals surface area contributed by atoms with Gasteiger partial charge >= 0.3 is 38.8 Å². The van der Waals surface area contributed by atoms with Crippen LogP contribution in [0.25, 0.3) is 0 Å². The van der Waals surface area contributed by atoms with Gasteiger partial charge in [-0.1, -0.05) is 0 Å². The van der Waals surface area contributed by atoms with E-state index in [-0.39, 0.29) is 0 Å². The third kappa shape index (κ3) is 4.26. The summed E-state index contributed by atoms with van der Waals surface area (Å²) in [5.74, 6) is 2.20. The molecule has 0 amide bonds. The van der Waals surface area contributed by atoms with Gasteiger partial charge in [0, 0.05) is 0 Å². The van der Waals surface area contributed by atoms with Crippen LogP contribution in [0.1, 0.15) is 0 Å². The molecular weight excluding hydrogens is 127 g/mol. The van der Waals surface area contributed by atoms with Crippen LogP contribution in [0.3, 0.4) is 0 Å². The Kier molecular flexibility index (Phi) is 4.48. The first-order valence-electron chi connectivity index (χ1n) is 1.51. The summed E-state index contributed by atoms with van der Waals surface area (Å²) in [6.07, 6.45) is 1.96. The van der Waals surface area contributed by atoms with E-state index in [1.54, 1.807) is 0 Å². The third-order valence-electron chi connectivity index (χ3n) is 0.285. The van der Waals surface area contributed by atoms with E-state index in [2.05, 4.69) is 12.4 Å². The predicted octanol–water partition coefficient (Wildman–Crippen LogP) is 1.34. The Hall–Kier alpha value is 0.259. The molecule has 0 aliphatic heterocycles. The van der Waals surface area contributed by atoms with Crippen molar-refractivity contribution in [2.75, 3.05) is 0 Å². The quantitative estimate of drug-likeness (QED) is 0.396. The molecule has 0 nitrogen and oxygen atoms in total. The molecule has 1 heteroatoms. The van der Waals surface area contributed by atoms with Gasteiger partial charge in [0.1, 0.15) is 0 Å². The van der Waals surface area contributed by atoms with Crippen molar-refractivity contribution in [3.05, 3.63) is 12.7 Å². The Bertz CT molecular complexity index is 24.8. The van der Waals surface area contributed by atoms with Crippen molar-refractivity contribution in [1.29, 1.82) is 0 Å². The zero-order chi connectivity index (χ0) is 4.12. The van der Waals surface area contributed by atoms with Crippen LogP contribution in [0.15, 0.2) is 12.7 Å². The summed E-state index contributed by atoms with van der Waals surface area (Å²) in [5, 5.41) is 1.22. The topological polar surface area (TPSA) is 0 Å². The van der Waals surface area contributed by atoms with Crippen molar-refractivity contribution in [2.24, 2.45) is 0 Å². The average molecular weight is 135 g/mol. The summed E-state index contributed by atoms with van der Waals surface area (Å²) < 4.78 is 0. The summed E-state index contributed by atoms with van der Waals surface area (Å²) in [6, 6.07) is 0. The molecule has 0 aliphatic rings. The third-order valence-corrected chi connectivity index (χ3v) is 1.48. The Morgan fingerprint density at radius 3 is 2.60 bits per heavy atom. The molecule has 0 aromatic heterocycles. The molecule has 0 spiro atoms.